The maximum atomic E-state index is 13.0. The third-order valence-corrected chi connectivity index (χ3v) is 6.08. The van der Waals surface area contributed by atoms with Crippen LogP contribution in [0.25, 0.3) is 0 Å². The molecule has 2 aliphatic rings. The van der Waals surface area contributed by atoms with Crippen LogP contribution in [0, 0.1) is 11.3 Å². The minimum Gasteiger partial charge on any atom is -0.459 e. The molecule has 0 spiro atoms. The lowest BCUT2D eigenvalue weighted by molar-refractivity contribution is -0.199. The van der Waals surface area contributed by atoms with Gasteiger partial charge in [0.05, 0.1) is 5.56 Å². The molecule has 0 radical (unpaired) electrons. The van der Waals surface area contributed by atoms with E-state index in [1.807, 2.05) is 0 Å². The van der Waals surface area contributed by atoms with Crippen LogP contribution in [0.3, 0.4) is 0 Å². The number of amides is 1. The summed E-state index contributed by atoms with van der Waals surface area (Å²) in [6.45, 7) is 5.15. The number of esters is 1. The Morgan fingerprint density at radius 2 is 1.83 bits per heavy atom. The number of rotatable bonds is 3. The highest BCUT2D eigenvalue weighted by Gasteiger charge is 2.72. The zero-order valence-electron chi connectivity index (χ0n) is 17.0. The van der Waals surface area contributed by atoms with Crippen molar-refractivity contribution in [2.24, 2.45) is 11.3 Å². The van der Waals surface area contributed by atoms with Crippen molar-refractivity contribution >= 4 is 11.9 Å². The second-order valence-electron chi connectivity index (χ2n) is 9.07. The Hall–Kier alpha value is -2.09. The number of carbonyl (C=O) groups is 2. The molecule has 1 aromatic rings. The van der Waals surface area contributed by atoms with Gasteiger partial charge >= 0.3 is 12.1 Å². The van der Waals surface area contributed by atoms with Gasteiger partial charge < -0.3 is 14.7 Å². The van der Waals surface area contributed by atoms with Gasteiger partial charge in [-0.3, -0.25) is 9.59 Å². The van der Waals surface area contributed by atoms with Crippen LogP contribution in [0.1, 0.15) is 51.2 Å². The molecule has 1 aliphatic heterocycles. The van der Waals surface area contributed by atoms with Gasteiger partial charge in [-0.25, -0.2) is 0 Å². The minimum atomic E-state index is -4.42. The summed E-state index contributed by atoms with van der Waals surface area (Å²) in [6.07, 6.45) is -3.59. The van der Waals surface area contributed by atoms with E-state index >= 15 is 0 Å². The SMILES string of the molecule is CN1C(=O)C[C@]2(C(=O)OC(C)(C)C)CC[C@H](Cc3ccc(C(F)(F)F)cc3)[C@]12O. The van der Waals surface area contributed by atoms with Gasteiger partial charge in [0.25, 0.3) is 0 Å². The summed E-state index contributed by atoms with van der Waals surface area (Å²) in [7, 11) is 1.46. The predicted octanol–water partition coefficient (Wildman–Crippen LogP) is 3.54. The van der Waals surface area contributed by atoms with Crippen LogP contribution in [0.2, 0.25) is 0 Å². The zero-order valence-corrected chi connectivity index (χ0v) is 17.0. The molecule has 2 fully saturated rings. The van der Waals surface area contributed by atoms with Crippen molar-refractivity contribution in [2.45, 2.75) is 64.0 Å². The standard InChI is InChI=1S/C21H26F3NO4/c1-18(2,3)29-17(27)19-10-9-15(20(19,28)25(4)16(26)12-19)11-13-5-7-14(8-6-13)21(22,23)24/h5-8,15,28H,9-12H2,1-4H3/t15-,19+,20-/m1/s1. The van der Waals surface area contributed by atoms with Crippen molar-refractivity contribution in [3.8, 4) is 0 Å². The van der Waals surface area contributed by atoms with Crippen LogP contribution >= 0.6 is 0 Å². The van der Waals surface area contributed by atoms with Crippen molar-refractivity contribution in [1.82, 2.24) is 4.90 Å². The van der Waals surface area contributed by atoms with Gasteiger partial charge in [-0.15, -0.1) is 0 Å². The van der Waals surface area contributed by atoms with Gasteiger partial charge in [0, 0.05) is 19.4 Å². The fourth-order valence-electron chi connectivity index (χ4n) is 4.64. The maximum absolute atomic E-state index is 13.0. The molecule has 3 atom stereocenters. The number of ether oxygens (including phenoxy) is 1. The lowest BCUT2D eigenvalue weighted by Gasteiger charge is -2.42. The smallest absolute Gasteiger partial charge is 0.416 e. The van der Waals surface area contributed by atoms with Gasteiger partial charge in [-0.05, 0) is 57.7 Å². The zero-order chi connectivity index (χ0) is 21.8. The molecule has 1 amide bonds. The average molecular weight is 413 g/mol. The number of hydrogen-bond acceptors (Lipinski definition) is 4. The molecule has 3 rings (SSSR count). The van der Waals surface area contributed by atoms with E-state index in [1.165, 1.54) is 24.1 Å². The number of carbonyl (C=O) groups excluding carboxylic acids is 2. The van der Waals surface area contributed by atoms with Crippen LogP contribution in [0.4, 0.5) is 13.2 Å². The molecular formula is C21H26F3NO4. The summed E-state index contributed by atoms with van der Waals surface area (Å²) >= 11 is 0. The highest BCUT2D eigenvalue weighted by molar-refractivity contribution is 5.92. The summed E-state index contributed by atoms with van der Waals surface area (Å²) < 4.78 is 43.9. The first-order valence-corrected chi connectivity index (χ1v) is 9.59. The molecule has 8 heteroatoms. The number of nitrogens with zero attached hydrogens (tertiary/aromatic N) is 1. The summed E-state index contributed by atoms with van der Waals surface area (Å²) in [5.41, 5.74) is -4.04. The van der Waals surface area contributed by atoms with E-state index in [4.69, 9.17) is 4.74 Å². The second-order valence-corrected chi connectivity index (χ2v) is 9.07. The van der Waals surface area contributed by atoms with E-state index in [9.17, 15) is 27.9 Å². The fraction of sp³-hybridized carbons (Fsp3) is 0.619. The molecule has 0 bridgehead atoms. The Morgan fingerprint density at radius 3 is 2.34 bits per heavy atom. The molecule has 1 saturated heterocycles. The highest BCUT2D eigenvalue weighted by Crippen LogP contribution is 2.59. The molecule has 0 unspecified atom stereocenters. The topological polar surface area (TPSA) is 66.8 Å². The Kier molecular flexibility index (Phi) is 5.01. The number of likely N-dealkylation sites (tertiary alicyclic amines) is 1. The van der Waals surface area contributed by atoms with Crippen LogP contribution in [-0.4, -0.2) is 40.3 Å². The average Bonchev–Trinajstić information content (AvgIpc) is 2.97. The van der Waals surface area contributed by atoms with Gasteiger partial charge in [-0.1, -0.05) is 12.1 Å². The maximum Gasteiger partial charge on any atom is 0.416 e. The third-order valence-electron chi connectivity index (χ3n) is 6.08. The molecule has 1 heterocycles. The van der Waals surface area contributed by atoms with E-state index in [0.717, 1.165) is 12.1 Å². The first-order chi connectivity index (χ1) is 13.2. The Balaban J connectivity index is 1.90. The van der Waals surface area contributed by atoms with E-state index in [-0.39, 0.29) is 25.2 Å². The van der Waals surface area contributed by atoms with Crippen molar-refractivity contribution in [2.75, 3.05) is 7.05 Å². The van der Waals surface area contributed by atoms with Gasteiger partial charge in [0.1, 0.15) is 11.0 Å². The fourth-order valence-corrected chi connectivity index (χ4v) is 4.64. The van der Waals surface area contributed by atoms with Crippen molar-refractivity contribution < 1.29 is 32.6 Å². The van der Waals surface area contributed by atoms with E-state index in [0.29, 0.717) is 12.0 Å². The first-order valence-electron chi connectivity index (χ1n) is 9.59. The second kappa shape index (κ2) is 6.72. The molecule has 29 heavy (non-hydrogen) atoms. The van der Waals surface area contributed by atoms with Crippen LogP contribution < -0.4 is 0 Å². The Labute approximate surface area is 167 Å². The molecule has 1 saturated carbocycles. The Bertz CT molecular complexity index is 815. The lowest BCUT2D eigenvalue weighted by atomic mass is 9.76. The van der Waals surface area contributed by atoms with Crippen LogP contribution in [-0.2, 0) is 26.9 Å². The monoisotopic (exact) mass is 413 g/mol. The molecule has 1 aromatic carbocycles. The van der Waals surface area contributed by atoms with Crippen molar-refractivity contribution in [3.63, 3.8) is 0 Å². The molecule has 1 N–H and O–H groups in total. The highest BCUT2D eigenvalue weighted by atomic mass is 19.4. The number of benzene rings is 1. The van der Waals surface area contributed by atoms with Crippen LogP contribution in [0.15, 0.2) is 24.3 Å². The van der Waals surface area contributed by atoms with Crippen LogP contribution in [0.5, 0.6) is 0 Å². The molecule has 5 nitrogen and oxygen atoms in total. The van der Waals surface area contributed by atoms with E-state index in [2.05, 4.69) is 0 Å². The quantitative estimate of drug-likeness (QED) is 0.770. The number of aliphatic hydroxyl groups is 1. The summed E-state index contributed by atoms with van der Waals surface area (Å²) in [6, 6.07) is 4.74. The molecule has 0 aromatic heterocycles. The number of halogens is 3. The number of hydrogen-bond donors (Lipinski definition) is 1. The van der Waals surface area contributed by atoms with Gasteiger partial charge in [0.2, 0.25) is 5.91 Å². The van der Waals surface area contributed by atoms with E-state index < -0.39 is 40.4 Å². The van der Waals surface area contributed by atoms with E-state index in [1.54, 1.807) is 20.8 Å². The Morgan fingerprint density at radius 1 is 1.24 bits per heavy atom. The predicted molar refractivity (Wildman–Crippen MR) is 98.5 cm³/mol. The minimum absolute atomic E-state index is 0.140. The normalized spacial score (nSPS) is 29.9. The summed E-state index contributed by atoms with van der Waals surface area (Å²) in [4.78, 5) is 26.7. The van der Waals surface area contributed by atoms with Gasteiger partial charge in [0.15, 0.2) is 5.72 Å². The van der Waals surface area contributed by atoms with Gasteiger partial charge in [-0.2, -0.15) is 13.2 Å². The summed E-state index contributed by atoms with van der Waals surface area (Å²) in [5, 5.41) is 11.6. The first kappa shape index (κ1) is 21.6. The van der Waals surface area contributed by atoms with Crippen molar-refractivity contribution in [3.05, 3.63) is 35.4 Å². The lowest BCUT2D eigenvalue weighted by Crippen LogP contribution is -2.58. The van der Waals surface area contributed by atoms with Crippen molar-refractivity contribution in [1.29, 1.82) is 0 Å². The largest absolute Gasteiger partial charge is 0.459 e. The number of fused-ring (bicyclic) bond motifs is 1. The molecule has 1 aliphatic carbocycles. The third kappa shape index (κ3) is 3.52. The number of alkyl halides is 3. The molecular weight excluding hydrogens is 387 g/mol. The summed E-state index contributed by atoms with van der Waals surface area (Å²) in [5.74, 6) is -1.46. The molecule has 160 valence electrons.